The monoisotopic (exact) mass is 1260 g/mol. The number of rotatable bonds is 24. The lowest BCUT2D eigenvalue weighted by Gasteiger charge is -2.29. The van der Waals surface area contributed by atoms with Gasteiger partial charge in [0.1, 0.15) is 60.4 Å². The van der Waals surface area contributed by atoms with E-state index < -0.39 is 145 Å². The summed E-state index contributed by atoms with van der Waals surface area (Å²) >= 11 is 0. The number of carbonyl (C=O) groups is 11. The van der Waals surface area contributed by atoms with E-state index in [9.17, 15) is 63.0 Å². The van der Waals surface area contributed by atoms with Crippen LogP contribution >= 0.6 is 0 Å². The largest absolute Gasteiger partial charge is 0.391 e. The van der Waals surface area contributed by atoms with Crippen molar-refractivity contribution in [3.8, 4) is 0 Å². The van der Waals surface area contributed by atoms with Crippen molar-refractivity contribution in [1.29, 1.82) is 0 Å². The second-order valence-electron chi connectivity index (χ2n) is 23.7. The number of aliphatic hydroxyl groups is 2. The lowest BCUT2D eigenvalue weighted by molar-refractivity contribution is -0.137. The van der Waals surface area contributed by atoms with Crippen LogP contribution in [0.3, 0.4) is 0 Å². The van der Waals surface area contributed by atoms with E-state index in [1.54, 1.807) is 44.2 Å². The molecule has 0 bridgehead atoms. The third-order valence-corrected chi connectivity index (χ3v) is 15.7. The highest BCUT2D eigenvalue weighted by atomic mass is 16.3. The van der Waals surface area contributed by atoms with E-state index in [1.165, 1.54) is 20.3 Å². The third kappa shape index (κ3) is 27.4. The van der Waals surface area contributed by atoms with Crippen LogP contribution in [0.1, 0.15) is 149 Å². The molecule has 502 valence electrons. The van der Waals surface area contributed by atoms with Crippen LogP contribution in [0.5, 0.6) is 0 Å². The van der Waals surface area contributed by atoms with Crippen LogP contribution in [0.25, 0.3) is 0 Å². The molecule has 12 atom stereocenters. The first-order chi connectivity index (χ1) is 42.5. The van der Waals surface area contributed by atoms with E-state index in [1.807, 2.05) is 0 Å². The zero-order chi connectivity index (χ0) is 66.0. The molecule has 89 heavy (non-hydrogen) atoms. The number of amides is 11. The average Bonchev–Trinajstić information content (AvgIpc) is 3.50. The molecule has 29 heteroatoms. The summed E-state index contributed by atoms with van der Waals surface area (Å²) in [7, 11) is 0. The molecule has 1 aromatic carbocycles. The zero-order valence-corrected chi connectivity index (χ0v) is 52.4. The Morgan fingerprint density at radius 3 is 1.44 bits per heavy atom. The van der Waals surface area contributed by atoms with Crippen molar-refractivity contribution in [2.45, 2.75) is 222 Å². The molecule has 2 fully saturated rings. The summed E-state index contributed by atoms with van der Waals surface area (Å²) in [6.45, 7) is 4.87. The van der Waals surface area contributed by atoms with Gasteiger partial charge in [0.25, 0.3) is 0 Å². The van der Waals surface area contributed by atoms with Gasteiger partial charge in [-0.25, -0.2) is 0 Å². The van der Waals surface area contributed by atoms with Crippen molar-refractivity contribution >= 4 is 65.0 Å². The Morgan fingerprint density at radius 1 is 0.506 bits per heavy atom. The molecule has 1 saturated carbocycles. The maximum Gasteiger partial charge on any atom is 0.245 e. The van der Waals surface area contributed by atoms with Crippen LogP contribution in [0.4, 0.5) is 0 Å². The molecule has 23 N–H and O–H groups in total. The topological polar surface area (TPSA) is 491 Å². The molecule has 29 nitrogen and oxygen atoms in total. The first-order valence-electron chi connectivity index (χ1n) is 31.7. The van der Waals surface area contributed by atoms with Gasteiger partial charge in [-0.1, -0.05) is 102 Å². The van der Waals surface area contributed by atoms with Crippen LogP contribution < -0.4 is 87.2 Å². The first-order valence-corrected chi connectivity index (χ1v) is 31.7. The lowest BCUT2D eigenvalue weighted by atomic mass is 9.92. The van der Waals surface area contributed by atoms with E-state index >= 15 is 0 Å². The van der Waals surface area contributed by atoms with Crippen LogP contribution in [-0.2, 0) is 59.2 Å². The van der Waals surface area contributed by atoms with E-state index in [2.05, 4.69) is 58.5 Å². The van der Waals surface area contributed by atoms with Crippen LogP contribution in [0.2, 0.25) is 0 Å². The van der Waals surface area contributed by atoms with Crippen molar-refractivity contribution < 1.29 is 63.0 Å². The molecule has 2 aliphatic rings. The van der Waals surface area contributed by atoms with Gasteiger partial charge in [0.2, 0.25) is 65.0 Å². The summed E-state index contributed by atoms with van der Waals surface area (Å²) in [4.78, 5) is 156. The molecule has 1 aliphatic carbocycles. The van der Waals surface area contributed by atoms with Gasteiger partial charge in [-0.05, 0) is 116 Å². The molecule has 1 saturated heterocycles. The predicted octanol–water partition coefficient (Wildman–Crippen LogP) is -3.93. The molecule has 0 radical (unpaired) electrons. The number of carbonyl (C=O) groups excluding carboxylic acids is 11. The maximum atomic E-state index is 14.6. The lowest BCUT2D eigenvalue weighted by Crippen LogP contribution is -2.62. The fourth-order valence-corrected chi connectivity index (χ4v) is 10.6. The standard InChI is InChI=1S/C60H104N16O13/c1-35(2)33-46-57(86)70-40(21-27-61)51(80)69-44(25-31-65)56(85)75-48(36(3)77)59(88)66-32-26-45(54(83)68-41(22-28-62)53(82)74-47(58(87)73-46)34-38-17-13-12-14-18-38)71-52(81)42(23-29-63)72-60(89)49(37(4)78)76-55(84)43(24-30-64)67-50(79)39-19-15-10-8-6-5-7-9-11-16-20-39/h12-14,17-18,35-37,39-49,77-78H,5-11,15-16,19-34,61-65H2,1-4H3,(H,66,88)(H,67,79)(H,68,83)(H,69,80)(H,70,86)(H,71,81)(H,72,89)(H,73,87)(H,74,82)(H,75,85)(H,76,84)/t36-,37-,40+,41+,42+,43+,44+,45+,46+,47-,48+,49+/m1/s1. The summed E-state index contributed by atoms with van der Waals surface area (Å²) in [6, 6.07) is -6.21. The van der Waals surface area contributed by atoms with Crippen LogP contribution in [0.15, 0.2) is 30.3 Å². The molecule has 1 aromatic rings. The van der Waals surface area contributed by atoms with Gasteiger partial charge in [-0.3, -0.25) is 52.7 Å². The zero-order valence-electron chi connectivity index (χ0n) is 52.4. The minimum absolute atomic E-state index is 0.00354. The maximum absolute atomic E-state index is 14.6. The highest BCUT2D eigenvalue weighted by Crippen LogP contribution is 2.22. The SMILES string of the molecule is CC(C)C[C@@H]1NC(=O)[C@@H](Cc2ccccc2)NC(=O)[C@H](CCN)NC(=O)[C@@H](NC(=O)[C@H](CCN)NC(=O)[C@@H](NC(=O)[C@H](CCN)NC(=O)C2CCCCCCCCCCC2)[C@@H](C)O)CCNC(=O)[C@H]([C@@H](C)O)NC(=O)[C@H](CCN)NC(=O)[C@H](CCN)NC1=O. The molecule has 11 amide bonds. The van der Waals surface area contributed by atoms with E-state index in [0.29, 0.717) is 18.4 Å². The summed E-state index contributed by atoms with van der Waals surface area (Å²) in [6.07, 6.45) is 6.13. The summed E-state index contributed by atoms with van der Waals surface area (Å²) in [5, 5.41) is 50.2. The predicted molar refractivity (Wildman–Crippen MR) is 333 cm³/mol. The summed E-state index contributed by atoms with van der Waals surface area (Å²) < 4.78 is 0. The molecule has 1 aliphatic heterocycles. The molecule has 0 aromatic heterocycles. The molecular formula is C60H104N16O13. The van der Waals surface area contributed by atoms with Crippen LogP contribution in [0, 0.1) is 11.8 Å². The highest BCUT2D eigenvalue weighted by molar-refractivity contribution is 5.99. The van der Waals surface area contributed by atoms with Gasteiger partial charge >= 0.3 is 0 Å². The quantitative estimate of drug-likeness (QED) is 0.0470. The van der Waals surface area contributed by atoms with E-state index in [-0.39, 0.29) is 95.4 Å². The Hall–Kier alpha value is -6.89. The van der Waals surface area contributed by atoms with Crippen molar-refractivity contribution in [2.24, 2.45) is 40.5 Å². The second kappa shape index (κ2) is 41.4. The fraction of sp³-hybridized carbons (Fsp3) is 0.717. The normalized spacial score (nSPS) is 24.1. The second-order valence-corrected chi connectivity index (χ2v) is 23.7. The van der Waals surface area contributed by atoms with Gasteiger partial charge in [-0.2, -0.15) is 0 Å². The Labute approximate surface area is 522 Å². The Morgan fingerprint density at radius 2 is 0.955 bits per heavy atom. The number of aliphatic hydroxyl groups excluding tert-OH is 2. The number of benzene rings is 1. The number of nitrogens with two attached hydrogens (primary N) is 5. The van der Waals surface area contributed by atoms with Crippen molar-refractivity contribution in [3.63, 3.8) is 0 Å². The number of hydrogen-bond donors (Lipinski definition) is 18. The smallest absolute Gasteiger partial charge is 0.245 e. The van der Waals surface area contributed by atoms with E-state index in [4.69, 9.17) is 28.7 Å². The Balaban J connectivity index is 2.05. The molecule has 0 spiro atoms. The Kier molecular flexibility index (Phi) is 35.5. The average molecular weight is 1260 g/mol. The fourth-order valence-electron chi connectivity index (χ4n) is 10.6. The highest BCUT2D eigenvalue weighted by Gasteiger charge is 2.38. The van der Waals surface area contributed by atoms with Gasteiger partial charge in [-0.15, -0.1) is 0 Å². The van der Waals surface area contributed by atoms with Gasteiger partial charge in [0.05, 0.1) is 12.2 Å². The van der Waals surface area contributed by atoms with Gasteiger partial charge in [0, 0.05) is 18.9 Å². The minimum Gasteiger partial charge on any atom is -0.391 e. The number of hydrogen-bond acceptors (Lipinski definition) is 18. The van der Waals surface area contributed by atoms with Gasteiger partial charge in [0.15, 0.2) is 0 Å². The Bertz CT molecular complexity index is 2410. The third-order valence-electron chi connectivity index (χ3n) is 15.7. The summed E-state index contributed by atoms with van der Waals surface area (Å²) in [5.41, 5.74) is 30.2. The minimum atomic E-state index is -1.70. The molecule has 3 rings (SSSR count). The first kappa shape index (κ1) is 76.4. The van der Waals surface area contributed by atoms with E-state index in [0.717, 1.165) is 51.4 Å². The van der Waals surface area contributed by atoms with Crippen LogP contribution in [-0.4, -0.2) is 187 Å². The summed E-state index contributed by atoms with van der Waals surface area (Å²) in [5.74, 6) is -10.1. The number of nitrogens with one attached hydrogen (secondary N) is 11. The molecule has 0 unspecified atom stereocenters. The van der Waals surface area contributed by atoms with Gasteiger partial charge < -0.3 is 97.4 Å². The van der Waals surface area contributed by atoms with Crippen molar-refractivity contribution in [1.82, 2.24) is 58.5 Å². The van der Waals surface area contributed by atoms with Crippen molar-refractivity contribution in [2.75, 3.05) is 39.3 Å². The molecule has 1 heterocycles. The molecular weight excluding hydrogens is 1150 g/mol. The van der Waals surface area contributed by atoms with Crippen molar-refractivity contribution in [3.05, 3.63) is 35.9 Å².